The molecule has 2 aliphatic rings. The van der Waals surface area contributed by atoms with Crippen LogP contribution in [0.15, 0.2) is 35.4 Å². The van der Waals surface area contributed by atoms with Crippen molar-refractivity contribution in [3.05, 3.63) is 67.9 Å². The van der Waals surface area contributed by atoms with E-state index < -0.39 is 11.4 Å². The molecule has 2 bridgehead atoms. The molecule has 2 aliphatic heterocycles. The van der Waals surface area contributed by atoms with Gasteiger partial charge in [-0.3, -0.25) is 4.79 Å². The molecule has 3 heterocycles. The lowest BCUT2D eigenvalue weighted by molar-refractivity contribution is 0.475. The van der Waals surface area contributed by atoms with Gasteiger partial charge in [0.25, 0.3) is 5.56 Å². The van der Waals surface area contributed by atoms with Gasteiger partial charge in [-0.15, -0.1) is 0 Å². The minimum atomic E-state index is -0.731. The van der Waals surface area contributed by atoms with Gasteiger partial charge in [-0.05, 0) is 36.2 Å². The van der Waals surface area contributed by atoms with Crippen LogP contribution in [0.2, 0.25) is 10.0 Å². The Labute approximate surface area is 164 Å². The van der Waals surface area contributed by atoms with E-state index in [0.29, 0.717) is 34.5 Å². The van der Waals surface area contributed by atoms with Crippen molar-refractivity contribution in [3.8, 4) is 0 Å². The Hall–Kier alpha value is -2.15. The van der Waals surface area contributed by atoms with E-state index >= 15 is 0 Å². The molecule has 2 N–H and O–H groups in total. The van der Waals surface area contributed by atoms with Gasteiger partial charge in [0.1, 0.15) is 5.82 Å². The molecule has 3 aromatic rings. The lowest BCUT2D eigenvalue weighted by Gasteiger charge is -2.37. The maximum absolute atomic E-state index is 14.7. The predicted octanol–water partition coefficient (Wildman–Crippen LogP) is 3.73. The Balaban J connectivity index is 1.73. The Bertz CT molecular complexity index is 1180. The first-order chi connectivity index (χ1) is 12.9. The fourth-order valence-corrected chi connectivity index (χ4v) is 4.74. The van der Waals surface area contributed by atoms with Crippen LogP contribution in [-0.2, 0) is 12.6 Å². The zero-order chi connectivity index (χ0) is 18.9. The van der Waals surface area contributed by atoms with Crippen molar-refractivity contribution in [2.45, 2.75) is 18.0 Å². The van der Waals surface area contributed by atoms with Gasteiger partial charge < -0.3 is 15.2 Å². The summed E-state index contributed by atoms with van der Waals surface area (Å²) >= 11 is 12.5. The number of aryl methyl sites for hydroxylation is 1. The largest absolute Gasteiger partial charge is 0.374 e. The summed E-state index contributed by atoms with van der Waals surface area (Å²) in [4.78, 5) is 16.8. The average molecular weight is 405 g/mol. The summed E-state index contributed by atoms with van der Waals surface area (Å²) in [7, 11) is 1.66. The topological polar surface area (TPSA) is 59.0 Å². The lowest BCUT2D eigenvalue weighted by atomic mass is 9.81. The predicted molar refractivity (Wildman–Crippen MR) is 104 cm³/mol. The van der Waals surface area contributed by atoms with E-state index in [1.807, 2.05) is 6.07 Å². The summed E-state index contributed by atoms with van der Waals surface area (Å²) in [6.07, 6.45) is 2.13. The second-order valence-electron chi connectivity index (χ2n) is 7.18. The molecule has 0 aliphatic carbocycles. The molecule has 2 atom stereocenters. The van der Waals surface area contributed by atoms with Crippen LogP contribution in [0.4, 0.5) is 10.1 Å². The third kappa shape index (κ3) is 2.33. The first-order valence-electron chi connectivity index (χ1n) is 8.54. The van der Waals surface area contributed by atoms with E-state index in [0.717, 1.165) is 11.3 Å². The summed E-state index contributed by atoms with van der Waals surface area (Å²) in [5.41, 5.74) is 1.93. The van der Waals surface area contributed by atoms with Crippen LogP contribution in [0.5, 0.6) is 0 Å². The van der Waals surface area contributed by atoms with Gasteiger partial charge in [0.15, 0.2) is 0 Å². The van der Waals surface area contributed by atoms with Crippen LogP contribution in [0, 0.1) is 5.82 Å². The van der Waals surface area contributed by atoms with E-state index in [9.17, 15) is 9.18 Å². The van der Waals surface area contributed by atoms with Crippen molar-refractivity contribution < 1.29 is 4.39 Å². The minimum Gasteiger partial charge on any atom is -0.374 e. The van der Waals surface area contributed by atoms with Gasteiger partial charge in [-0.25, -0.2) is 9.37 Å². The Morgan fingerprint density at radius 2 is 2.15 bits per heavy atom. The highest BCUT2D eigenvalue weighted by atomic mass is 35.5. The quantitative estimate of drug-likeness (QED) is 0.606. The summed E-state index contributed by atoms with van der Waals surface area (Å²) in [6, 6.07) is 6.51. The molecule has 0 saturated carbocycles. The summed E-state index contributed by atoms with van der Waals surface area (Å²) in [5.74, 6) is -0.402. The number of nitrogens with zero attached hydrogens (tertiary/aromatic N) is 2. The van der Waals surface area contributed by atoms with Gasteiger partial charge in [-0.2, -0.15) is 0 Å². The monoisotopic (exact) mass is 404 g/mol. The molecule has 1 fully saturated rings. The van der Waals surface area contributed by atoms with E-state index in [-0.39, 0.29) is 16.6 Å². The number of aromatic nitrogens is 2. The zero-order valence-electron chi connectivity index (χ0n) is 14.3. The van der Waals surface area contributed by atoms with Gasteiger partial charge in [0.2, 0.25) is 0 Å². The van der Waals surface area contributed by atoms with Gasteiger partial charge in [0, 0.05) is 30.9 Å². The fraction of sp³-hybridized carbons (Fsp3) is 0.263. The van der Waals surface area contributed by atoms with Crippen LogP contribution >= 0.6 is 23.2 Å². The smallest absolute Gasteiger partial charge is 0.260 e. The standard InChI is InChI=1S/C19H15Cl2FN4O/c1-26-8-24-13-4-9-14(5-10(13)18(26)27)25-19(6-15(9)23-7-19)16-12(22)3-2-11(20)17(16)21/h2-5,8,15,23,25H,6-7H2,1H3/t15?,19-/m1/s1. The summed E-state index contributed by atoms with van der Waals surface area (Å²) in [6.45, 7) is 0.491. The molecule has 0 amide bonds. The van der Waals surface area contributed by atoms with Crippen LogP contribution in [0.3, 0.4) is 0 Å². The molecule has 0 spiro atoms. The Kier molecular flexibility index (Phi) is 3.57. The molecule has 1 aromatic heterocycles. The maximum Gasteiger partial charge on any atom is 0.260 e. The van der Waals surface area contributed by atoms with Crippen molar-refractivity contribution in [3.63, 3.8) is 0 Å². The molecule has 5 nitrogen and oxygen atoms in total. The molecule has 138 valence electrons. The second-order valence-corrected chi connectivity index (χ2v) is 7.97. The molecule has 0 radical (unpaired) electrons. The van der Waals surface area contributed by atoms with Crippen LogP contribution < -0.4 is 16.2 Å². The molecule has 2 aromatic carbocycles. The maximum atomic E-state index is 14.7. The molecule has 5 rings (SSSR count). The van der Waals surface area contributed by atoms with Gasteiger partial charge >= 0.3 is 0 Å². The van der Waals surface area contributed by atoms with E-state index in [2.05, 4.69) is 15.6 Å². The third-order valence-electron chi connectivity index (χ3n) is 5.56. The Morgan fingerprint density at radius 1 is 1.33 bits per heavy atom. The molecule has 27 heavy (non-hydrogen) atoms. The van der Waals surface area contributed by atoms with Gasteiger partial charge in [0.05, 0.1) is 32.8 Å². The summed E-state index contributed by atoms with van der Waals surface area (Å²) < 4.78 is 16.2. The number of benzene rings is 2. The molecule has 1 unspecified atom stereocenters. The Morgan fingerprint density at radius 3 is 2.96 bits per heavy atom. The summed E-state index contributed by atoms with van der Waals surface area (Å²) in [5, 5.41) is 7.93. The number of halogens is 3. The normalized spacial score (nSPS) is 23.3. The highest BCUT2D eigenvalue weighted by Gasteiger charge is 2.48. The van der Waals surface area contributed by atoms with E-state index in [4.69, 9.17) is 23.2 Å². The number of nitrogens with one attached hydrogen (secondary N) is 2. The van der Waals surface area contributed by atoms with Crippen molar-refractivity contribution >= 4 is 39.8 Å². The first-order valence-corrected chi connectivity index (χ1v) is 9.30. The van der Waals surface area contributed by atoms with Crippen molar-refractivity contribution in [1.82, 2.24) is 14.9 Å². The molecular formula is C19H15Cl2FN4O. The zero-order valence-corrected chi connectivity index (χ0v) is 15.8. The SMILES string of the molecule is Cn1cnc2cc3c(cc2c1=O)N[C@@]1(c2c(F)ccc(Cl)c2Cl)CNC3C1. The number of fused-ring (bicyclic) bond motifs is 5. The van der Waals surface area contributed by atoms with E-state index in [1.165, 1.54) is 23.0 Å². The van der Waals surface area contributed by atoms with Crippen LogP contribution in [0.1, 0.15) is 23.6 Å². The van der Waals surface area contributed by atoms with E-state index in [1.54, 1.807) is 13.1 Å². The fourth-order valence-electron chi connectivity index (χ4n) is 4.25. The van der Waals surface area contributed by atoms with Gasteiger partial charge in [-0.1, -0.05) is 23.2 Å². The van der Waals surface area contributed by atoms with Crippen molar-refractivity contribution in [1.29, 1.82) is 0 Å². The third-order valence-corrected chi connectivity index (χ3v) is 6.37. The van der Waals surface area contributed by atoms with Crippen LogP contribution in [-0.4, -0.2) is 16.1 Å². The number of rotatable bonds is 1. The number of hydrogen-bond acceptors (Lipinski definition) is 4. The lowest BCUT2D eigenvalue weighted by Crippen LogP contribution is -2.39. The minimum absolute atomic E-state index is 0.00552. The van der Waals surface area contributed by atoms with Crippen LogP contribution in [0.25, 0.3) is 10.9 Å². The number of anilines is 1. The molecule has 1 saturated heterocycles. The highest BCUT2D eigenvalue weighted by molar-refractivity contribution is 6.42. The average Bonchev–Trinajstić information content (AvgIpc) is 3.00. The molecular weight excluding hydrogens is 390 g/mol. The first kappa shape index (κ1) is 17.0. The van der Waals surface area contributed by atoms with Crippen molar-refractivity contribution in [2.24, 2.45) is 7.05 Å². The molecule has 8 heteroatoms. The van der Waals surface area contributed by atoms with Crippen molar-refractivity contribution in [2.75, 3.05) is 11.9 Å². The second kappa shape index (κ2) is 5.67. The highest BCUT2D eigenvalue weighted by Crippen LogP contribution is 2.50. The number of hydrogen-bond donors (Lipinski definition) is 2.